The molecule has 1 fully saturated rings. The molecule has 172 valence electrons. The monoisotopic (exact) mass is 466 g/mol. The summed E-state index contributed by atoms with van der Waals surface area (Å²) >= 11 is 6.20. The number of aliphatic hydroxyl groups is 2. The van der Waals surface area contributed by atoms with Crippen LogP contribution >= 0.6 is 11.6 Å². The fraction of sp³-hybridized carbons (Fsp3) is 0.333. The van der Waals surface area contributed by atoms with Crippen LogP contribution in [-0.4, -0.2) is 29.5 Å². The van der Waals surface area contributed by atoms with E-state index in [4.69, 9.17) is 25.8 Å². The Labute approximate surface area is 198 Å². The molecule has 6 heteroatoms. The second-order valence-corrected chi connectivity index (χ2v) is 8.92. The zero-order valence-corrected chi connectivity index (χ0v) is 19.4. The third kappa shape index (κ3) is 3.14. The molecule has 5 rings (SSSR count). The molecule has 0 aromatic heterocycles. The van der Waals surface area contributed by atoms with Gasteiger partial charge in [0.15, 0.2) is 11.2 Å². The highest BCUT2D eigenvalue weighted by Gasteiger charge is 2.73. The number of benzene rings is 3. The van der Waals surface area contributed by atoms with Gasteiger partial charge in [-0.2, -0.15) is 0 Å². The summed E-state index contributed by atoms with van der Waals surface area (Å²) in [5.41, 5.74) is -0.869. The normalized spacial score (nSPS) is 27.5. The first-order valence-electron chi connectivity index (χ1n) is 11.3. The Morgan fingerprint density at radius 1 is 1.00 bits per heavy atom. The fourth-order valence-corrected chi connectivity index (χ4v) is 5.65. The lowest BCUT2D eigenvalue weighted by molar-refractivity contribution is -0.150. The van der Waals surface area contributed by atoms with Crippen LogP contribution < -0.4 is 14.2 Å². The molecule has 1 heterocycles. The van der Waals surface area contributed by atoms with Crippen LogP contribution in [0.5, 0.6) is 17.2 Å². The molecule has 2 N–H and O–H groups in total. The van der Waals surface area contributed by atoms with Crippen LogP contribution in [0, 0.1) is 0 Å². The SMILES string of the molecule is CCOc1cc(OCC)c2c(c1)O[C@@]1(c3ccc(Cl)cc3)[C@H](c3ccccc3)C[C@@H](O)[C@@]21O. The van der Waals surface area contributed by atoms with Gasteiger partial charge >= 0.3 is 0 Å². The highest BCUT2D eigenvalue weighted by Crippen LogP contribution is 2.68. The summed E-state index contributed by atoms with van der Waals surface area (Å²) in [6.45, 7) is 4.65. The topological polar surface area (TPSA) is 68.2 Å². The molecule has 3 aromatic carbocycles. The van der Waals surface area contributed by atoms with Crippen molar-refractivity contribution in [2.45, 2.75) is 43.5 Å². The average Bonchev–Trinajstić information content (AvgIpc) is 3.21. The number of fused-ring (bicyclic) bond motifs is 3. The molecule has 0 bridgehead atoms. The molecule has 0 amide bonds. The van der Waals surface area contributed by atoms with Gasteiger partial charge in [-0.05, 0) is 43.5 Å². The van der Waals surface area contributed by atoms with Crippen molar-refractivity contribution in [2.24, 2.45) is 0 Å². The lowest BCUT2D eigenvalue weighted by Crippen LogP contribution is -2.52. The van der Waals surface area contributed by atoms with Crippen molar-refractivity contribution in [3.05, 3.63) is 88.4 Å². The fourth-order valence-electron chi connectivity index (χ4n) is 5.52. The quantitative estimate of drug-likeness (QED) is 0.525. The summed E-state index contributed by atoms with van der Waals surface area (Å²) in [7, 11) is 0. The van der Waals surface area contributed by atoms with E-state index in [2.05, 4.69) is 0 Å². The maximum absolute atomic E-state index is 12.5. The molecule has 0 radical (unpaired) electrons. The molecule has 3 aromatic rings. The standard InChI is InChI=1S/C27H27ClO5/c1-3-31-20-14-22(32-4-2)25-23(15-20)33-27(18-10-12-19(28)13-11-18)21(16-24(29)26(25,27)30)17-8-6-5-7-9-17/h5-15,21,24,29-30H,3-4,16H2,1-2H3/t21-,24+,26+,27-/m0/s1. The van der Waals surface area contributed by atoms with Crippen molar-refractivity contribution in [1.29, 1.82) is 0 Å². The zero-order valence-electron chi connectivity index (χ0n) is 18.6. The van der Waals surface area contributed by atoms with Crippen LogP contribution in [0.1, 0.15) is 42.9 Å². The van der Waals surface area contributed by atoms with Crippen molar-refractivity contribution in [3.63, 3.8) is 0 Å². The van der Waals surface area contributed by atoms with Gasteiger partial charge in [0.1, 0.15) is 17.2 Å². The number of aliphatic hydroxyl groups excluding tert-OH is 1. The smallest absolute Gasteiger partial charge is 0.176 e. The summed E-state index contributed by atoms with van der Waals surface area (Å²) in [5, 5.41) is 24.5. The van der Waals surface area contributed by atoms with E-state index in [0.717, 1.165) is 11.1 Å². The van der Waals surface area contributed by atoms with Gasteiger partial charge in [-0.3, -0.25) is 0 Å². The second-order valence-electron chi connectivity index (χ2n) is 8.49. The van der Waals surface area contributed by atoms with E-state index < -0.39 is 17.3 Å². The van der Waals surface area contributed by atoms with Crippen LogP contribution in [-0.2, 0) is 11.2 Å². The third-order valence-electron chi connectivity index (χ3n) is 6.78. The Morgan fingerprint density at radius 3 is 2.36 bits per heavy atom. The first kappa shape index (κ1) is 22.1. The molecule has 1 saturated carbocycles. The molecule has 1 aliphatic heterocycles. The van der Waals surface area contributed by atoms with Crippen LogP contribution in [0.3, 0.4) is 0 Å². The lowest BCUT2D eigenvalue weighted by atomic mass is 9.71. The Kier molecular flexibility index (Phi) is 5.52. The molecule has 4 atom stereocenters. The van der Waals surface area contributed by atoms with Gasteiger partial charge in [-0.25, -0.2) is 0 Å². The summed E-state index contributed by atoms with van der Waals surface area (Å²) < 4.78 is 18.4. The minimum Gasteiger partial charge on any atom is -0.494 e. The molecule has 0 saturated heterocycles. The van der Waals surface area contributed by atoms with Crippen molar-refractivity contribution < 1.29 is 24.4 Å². The first-order valence-corrected chi connectivity index (χ1v) is 11.7. The van der Waals surface area contributed by atoms with E-state index in [1.807, 2.05) is 56.3 Å². The number of rotatable bonds is 6. The number of hydrogen-bond acceptors (Lipinski definition) is 5. The van der Waals surface area contributed by atoms with E-state index in [9.17, 15) is 10.2 Å². The predicted molar refractivity (Wildman–Crippen MR) is 126 cm³/mol. The van der Waals surface area contributed by atoms with Crippen LogP contribution in [0.15, 0.2) is 66.7 Å². The van der Waals surface area contributed by atoms with Crippen molar-refractivity contribution in [3.8, 4) is 17.2 Å². The van der Waals surface area contributed by atoms with E-state index in [1.54, 1.807) is 24.3 Å². The molecule has 0 unspecified atom stereocenters. The van der Waals surface area contributed by atoms with Crippen LogP contribution in [0.4, 0.5) is 0 Å². The minimum atomic E-state index is -1.74. The summed E-state index contributed by atoms with van der Waals surface area (Å²) in [6.07, 6.45) is -0.766. The van der Waals surface area contributed by atoms with Crippen molar-refractivity contribution in [1.82, 2.24) is 0 Å². The first-order chi connectivity index (χ1) is 16.0. The summed E-state index contributed by atoms with van der Waals surface area (Å²) in [6, 6.07) is 20.7. The predicted octanol–water partition coefficient (Wildman–Crippen LogP) is 5.16. The highest BCUT2D eigenvalue weighted by atomic mass is 35.5. The van der Waals surface area contributed by atoms with Gasteiger partial charge in [-0.1, -0.05) is 54.1 Å². The van der Waals surface area contributed by atoms with Crippen molar-refractivity contribution in [2.75, 3.05) is 13.2 Å². The van der Waals surface area contributed by atoms with Gasteiger partial charge in [0, 0.05) is 23.1 Å². The Bertz CT molecular complexity index is 1150. The molecular formula is C27H27ClO5. The van der Waals surface area contributed by atoms with E-state index in [0.29, 0.717) is 47.5 Å². The number of halogens is 1. The molecular weight excluding hydrogens is 440 g/mol. The van der Waals surface area contributed by atoms with E-state index >= 15 is 0 Å². The Balaban J connectivity index is 1.79. The highest BCUT2D eigenvalue weighted by molar-refractivity contribution is 6.30. The largest absolute Gasteiger partial charge is 0.494 e. The summed E-state index contributed by atoms with van der Waals surface area (Å²) in [5.74, 6) is 1.16. The number of ether oxygens (including phenoxy) is 3. The molecule has 1 aliphatic carbocycles. The van der Waals surface area contributed by atoms with Gasteiger partial charge < -0.3 is 24.4 Å². The molecule has 2 aliphatic rings. The van der Waals surface area contributed by atoms with Crippen LogP contribution in [0.25, 0.3) is 0 Å². The van der Waals surface area contributed by atoms with E-state index in [-0.39, 0.29) is 5.92 Å². The van der Waals surface area contributed by atoms with Crippen molar-refractivity contribution >= 4 is 11.6 Å². The van der Waals surface area contributed by atoms with Crippen LogP contribution in [0.2, 0.25) is 5.02 Å². The second kappa shape index (κ2) is 8.24. The van der Waals surface area contributed by atoms with E-state index in [1.165, 1.54) is 0 Å². The molecule has 0 spiro atoms. The minimum absolute atomic E-state index is 0.321. The Morgan fingerprint density at radius 2 is 1.70 bits per heavy atom. The summed E-state index contributed by atoms with van der Waals surface area (Å²) in [4.78, 5) is 0. The zero-order chi connectivity index (χ0) is 23.2. The Hall–Kier alpha value is -2.73. The maximum atomic E-state index is 12.5. The average molecular weight is 467 g/mol. The third-order valence-corrected chi connectivity index (χ3v) is 7.03. The lowest BCUT2D eigenvalue weighted by Gasteiger charge is -2.40. The van der Waals surface area contributed by atoms with Gasteiger partial charge in [0.05, 0.1) is 24.9 Å². The number of hydrogen-bond donors (Lipinski definition) is 2. The molecule has 5 nitrogen and oxygen atoms in total. The molecule has 33 heavy (non-hydrogen) atoms. The van der Waals surface area contributed by atoms with Gasteiger partial charge in [0.2, 0.25) is 0 Å². The van der Waals surface area contributed by atoms with Gasteiger partial charge in [0.25, 0.3) is 0 Å². The maximum Gasteiger partial charge on any atom is 0.176 e. The van der Waals surface area contributed by atoms with Gasteiger partial charge in [-0.15, -0.1) is 0 Å².